The molecule has 0 saturated heterocycles. The third-order valence-electron chi connectivity index (χ3n) is 11.2. The molecule has 0 aliphatic heterocycles. The lowest BCUT2D eigenvalue weighted by molar-refractivity contribution is 0.660. The van der Waals surface area contributed by atoms with Gasteiger partial charge in [0.1, 0.15) is 0 Å². The quantitative estimate of drug-likeness (QED) is 0.173. The molecule has 3 nitrogen and oxygen atoms in total. The third-order valence-corrected chi connectivity index (χ3v) is 11.2. The number of hydrogen-bond donors (Lipinski definition) is 0. The minimum atomic E-state index is -0.0784. The molecular weight excluding hydrogens is 667 g/mol. The molecule has 1 aromatic heterocycles. The Labute approximate surface area is 321 Å². The fraction of sp³-hybridized carbons (Fsp3) is 0.0577. The maximum absolute atomic E-state index is 5.23. The van der Waals surface area contributed by atoms with Crippen LogP contribution in [0.25, 0.3) is 89.4 Å². The molecule has 8 aromatic carbocycles. The third kappa shape index (κ3) is 5.73. The minimum absolute atomic E-state index is 0.0784. The highest BCUT2D eigenvalue weighted by molar-refractivity contribution is 6.04. The van der Waals surface area contributed by atoms with Gasteiger partial charge in [-0.3, -0.25) is 0 Å². The largest absolute Gasteiger partial charge is 0.208 e. The topological polar surface area (TPSA) is 38.7 Å². The Morgan fingerprint density at radius 1 is 0.291 bits per heavy atom. The summed E-state index contributed by atoms with van der Waals surface area (Å²) in [4.78, 5) is 15.6. The maximum atomic E-state index is 5.23. The van der Waals surface area contributed by atoms with Crippen LogP contribution in [0.3, 0.4) is 0 Å². The van der Waals surface area contributed by atoms with E-state index in [1.807, 2.05) is 12.1 Å². The highest BCUT2D eigenvalue weighted by Crippen LogP contribution is 2.50. The van der Waals surface area contributed by atoms with E-state index < -0.39 is 0 Å². The average Bonchev–Trinajstić information content (AvgIpc) is 3.49. The number of hydrogen-bond acceptors (Lipinski definition) is 3. The Bertz CT molecular complexity index is 2790. The summed E-state index contributed by atoms with van der Waals surface area (Å²) in [5, 5.41) is 2.26. The maximum Gasteiger partial charge on any atom is 0.164 e. The molecular formula is C52H37N3. The molecule has 0 bridgehead atoms. The van der Waals surface area contributed by atoms with Gasteiger partial charge in [0.05, 0.1) is 0 Å². The molecule has 10 rings (SSSR count). The van der Waals surface area contributed by atoms with Crippen molar-refractivity contribution < 1.29 is 0 Å². The number of rotatable bonds is 6. The van der Waals surface area contributed by atoms with Gasteiger partial charge < -0.3 is 0 Å². The van der Waals surface area contributed by atoms with Crippen LogP contribution in [0.1, 0.15) is 25.0 Å². The first-order valence-electron chi connectivity index (χ1n) is 18.9. The Balaban J connectivity index is 1.14. The van der Waals surface area contributed by atoms with Crippen LogP contribution >= 0.6 is 0 Å². The lowest BCUT2D eigenvalue weighted by Crippen LogP contribution is -2.14. The SMILES string of the molecule is CC1(C)c2ccccc2-c2ccc(-c3ccc(-c4nc(-c5cccc(-c6ccccc6)c5)nc(-c5cccc(-c6ccccc6)c5)n4)c4ccccc34)cc21. The van der Waals surface area contributed by atoms with Gasteiger partial charge in [-0.25, -0.2) is 15.0 Å². The van der Waals surface area contributed by atoms with Crippen molar-refractivity contribution in [2.75, 3.05) is 0 Å². The van der Waals surface area contributed by atoms with Crippen molar-refractivity contribution in [2.45, 2.75) is 19.3 Å². The van der Waals surface area contributed by atoms with Gasteiger partial charge in [-0.05, 0) is 90.7 Å². The first-order valence-corrected chi connectivity index (χ1v) is 18.9. The van der Waals surface area contributed by atoms with Gasteiger partial charge in [0.25, 0.3) is 0 Å². The van der Waals surface area contributed by atoms with Crippen molar-refractivity contribution in [1.29, 1.82) is 0 Å². The van der Waals surface area contributed by atoms with E-state index >= 15 is 0 Å². The lowest BCUT2D eigenvalue weighted by atomic mass is 9.81. The average molecular weight is 704 g/mol. The van der Waals surface area contributed by atoms with Crippen molar-refractivity contribution in [3.8, 4) is 78.7 Å². The van der Waals surface area contributed by atoms with Gasteiger partial charge in [-0.1, -0.05) is 178 Å². The van der Waals surface area contributed by atoms with Crippen molar-refractivity contribution in [2.24, 2.45) is 0 Å². The molecule has 55 heavy (non-hydrogen) atoms. The van der Waals surface area contributed by atoms with Crippen molar-refractivity contribution >= 4 is 10.8 Å². The Morgan fingerprint density at radius 3 is 1.38 bits per heavy atom. The second kappa shape index (κ2) is 13.2. The smallest absolute Gasteiger partial charge is 0.164 e. The van der Waals surface area contributed by atoms with E-state index in [2.05, 4.69) is 190 Å². The minimum Gasteiger partial charge on any atom is -0.208 e. The molecule has 0 unspecified atom stereocenters. The van der Waals surface area contributed by atoms with Crippen LogP contribution in [0, 0.1) is 0 Å². The molecule has 0 atom stereocenters. The fourth-order valence-electron chi connectivity index (χ4n) is 8.31. The standard InChI is InChI=1S/C52H37N3/c1-52(2)47-26-12-11-25-44(47)45-28-27-38(33-48(45)52)41-29-30-46(43-24-10-9-23-42(41)43)51-54-49(39-21-13-19-36(31-39)34-15-5-3-6-16-34)53-50(55-51)40-22-14-20-37(32-40)35-17-7-4-8-18-35/h3-33H,1-2H3. The zero-order valence-corrected chi connectivity index (χ0v) is 30.7. The molecule has 0 spiro atoms. The van der Waals surface area contributed by atoms with E-state index in [0.717, 1.165) is 49.7 Å². The second-order valence-electron chi connectivity index (χ2n) is 14.8. The van der Waals surface area contributed by atoms with Crippen LogP contribution in [0.4, 0.5) is 0 Å². The first kappa shape index (κ1) is 32.7. The molecule has 0 radical (unpaired) electrons. The Kier molecular flexibility index (Phi) is 7.81. The molecule has 0 saturated carbocycles. The molecule has 260 valence electrons. The monoisotopic (exact) mass is 703 g/mol. The van der Waals surface area contributed by atoms with Gasteiger partial charge in [0, 0.05) is 22.1 Å². The summed E-state index contributed by atoms with van der Waals surface area (Å²) >= 11 is 0. The van der Waals surface area contributed by atoms with Crippen molar-refractivity contribution in [1.82, 2.24) is 15.0 Å². The normalized spacial score (nSPS) is 12.7. The van der Waals surface area contributed by atoms with Gasteiger partial charge >= 0.3 is 0 Å². The van der Waals surface area contributed by atoms with Gasteiger partial charge in [-0.2, -0.15) is 0 Å². The van der Waals surface area contributed by atoms with Crippen molar-refractivity contribution in [3.05, 3.63) is 199 Å². The van der Waals surface area contributed by atoms with E-state index in [4.69, 9.17) is 15.0 Å². The van der Waals surface area contributed by atoms with Gasteiger partial charge in [0.15, 0.2) is 17.5 Å². The highest BCUT2D eigenvalue weighted by atomic mass is 15.0. The van der Waals surface area contributed by atoms with E-state index in [9.17, 15) is 0 Å². The number of aromatic nitrogens is 3. The molecule has 0 fully saturated rings. The number of fused-ring (bicyclic) bond motifs is 4. The lowest BCUT2D eigenvalue weighted by Gasteiger charge is -2.22. The summed E-state index contributed by atoms with van der Waals surface area (Å²) < 4.78 is 0. The molecule has 1 aliphatic carbocycles. The molecule has 1 aliphatic rings. The number of nitrogens with zero attached hydrogens (tertiary/aromatic N) is 3. The van der Waals surface area contributed by atoms with E-state index in [1.54, 1.807) is 0 Å². The van der Waals surface area contributed by atoms with Crippen LogP contribution in [-0.2, 0) is 5.41 Å². The summed E-state index contributed by atoms with van der Waals surface area (Å²) in [6.07, 6.45) is 0. The summed E-state index contributed by atoms with van der Waals surface area (Å²) in [7, 11) is 0. The summed E-state index contributed by atoms with van der Waals surface area (Å²) in [6, 6.07) is 66.7. The summed E-state index contributed by atoms with van der Waals surface area (Å²) in [5.41, 5.74) is 15.1. The van der Waals surface area contributed by atoms with Gasteiger partial charge in [0.2, 0.25) is 0 Å². The molecule has 0 amide bonds. The Hall–Kier alpha value is -6.97. The van der Waals surface area contributed by atoms with E-state index in [-0.39, 0.29) is 5.41 Å². The molecule has 3 heteroatoms. The summed E-state index contributed by atoms with van der Waals surface area (Å²) in [6.45, 7) is 4.67. The summed E-state index contributed by atoms with van der Waals surface area (Å²) in [5.74, 6) is 1.91. The predicted molar refractivity (Wildman–Crippen MR) is 228 cm³/mol. The fourth-order valence-corrected chi connectivity index (χ4v) is 8.31. The van der Waals surface area contributed by atoms with Crippen LogP contribution in [0.15, 0.2) is 188 Å². The molecule has 0 N–H and O–H groups in total. The zero-order chi connectivity index (χ0) is 36.9. The Morgan fingerprint density at radius 2 is 0.745 bits per heavy atom. The van der Waals surface area contributed by atoms with Crippen molar-refractivity contribution in [3.63, 3.8) is 0 Å². The zero-order valence-electron chi connectivity index (χ0n) is 30.7. The molecule has 1 heterocycles. The molecule has 9 aromatic rings. The highest BCUT2D eigenvalue weighted by Gasteiger charge is 2.35. The van der Waals surface area contributed by atoms with Crippen LogP contribution in [-0.4, -0.2) is 15.0 Å². The van der Waals surface area contributed by atoms with E-state index in [0.29, 0.717) is 17.5 Å². The van der Waals surface area contributed by atoms with Crippen LogP contribution in [0.5, 0.6) is 0 Å². The second-order valence-corrected chi connectivity index (χ2v) is 14.8. The van der Waals surface area contributed by atoms with Crippen LogP contribution in [0.2, 0.25) is 0 Å². The predicted octanol–water partition coefficient (Wildman–Crippen LogP) is 13.3. The number of benzene rings is 8. The first-order chi connectivity index (χ1) is 27.0. The van der Waals surface area contributed by atoms with Gasteiger partial charge in [-0.15, -0.1) is 0 Å². The van der Waals surface area contributed by atoms with E-state index in [1.165, 1.54) is 33.4 Å². The van der Waals surface area contributed by atoms with Crippen LogP contribution < -0.4 is 0 Å².